The monoisotopic (exact) mass is 876 g/mol. The third kappa shape index (κ3) is 46.8. The number of phosphoric acid groups is 1. The van der Waals surface area contributed by atoms with E-state index in [1.54, 1.807) is 0 Å². The second-order valence-electron chi connectivity index (χ2n) is 16.3. The predicted octanol–water partition coefficient (Wildman–Crippen LogP) is 14.4. The van der Waals surface area contributed by atoms with Crippen molar-refractivity contribution in [2.24, 2.45) is 0 Å². The first-order valence-corrected chi connectivity index (χ1v) is 25.7. The summed E-state index contributed by atoms with van der Waals surface area (Å²) >= 11 is 0. The summed E-state index contributed by atoms with van der Waals surface area (Å²) in [6, 6.07) is 0. The number of carbonyl (C=O) groups is 2. The molecule has 0 amide bonds. The van der Waals surface area contributed by atoms with Gasteiger partial charge in [0.1, 0.15) is 6.61 Å². The number of hydrogen-bond acceptors (Lipinski definition) is 8. The summed E-state index contributed by atoms with van der Waals surface area (Å²) in [5, 5.41) is 0. The van der Waals surface area contributed by atoms with Gasteiger partial charge in [-0.15, -0.1) is 0 Å². The Kier molecular flexibility index (Phi) is 43.6. The number of likely N-dealkylation sites (N-methyl/N-ethyl adjacent to an activating group) is 1. The average Bonchev–Trinajstić information content (AvgIpc) is 3.23. The molecule has 352 valence electrons. The average molecular weight is 876 g/mol. The lowest BCUT2D eigenvalue weighted by Crippen LogP contribution is -2.29. The van der Waals surface area contributed by atoms with Gasteiger partial charge in [0.25, 0.3) is 0 Å². The van der Waals surface area contributed by atoms with Crippen LogP contribution in [-0.4, -0.2) is 68.3 Å². The molecule has 0 radical (unpaired) electrons. The molecule has 0 aromatic carbocycles. The minimum absolute atomic E-state index is 0.00438. The van der Waals surface area contributed by atoms with Gasteiger partial charge in [0.2, 0.25) is 0 Å². The van der Waals surface area contributed by atoms with Gasteiger partial charge in [-0.1, -0.05) is 177 Å². The van der Waals surface area contributed by atoms with E-state index in [0.717, 1.165) is 57.8 Å². The molecule has 61 heavy (non-hydrogen) atoms. The Morgan fingerprint density at radius 2 is 0.951 bits per heavy atom. The van der Waals surface area contributed by atoms with Crippen LogP contribution in [0, 0.1) is 0 Å². The van der Waals surface area contributed by atoms with E-state index in [-0.39, 0.29) is 26.1 Å². The number of carbonyl (C=O) groups excluding carboxylic acids is 2. The van der Waals surface area contributed by atoms with Crippen molar-refractivity contribution in [1.82, 2.24) is 4.90 Å². The Morgan fingerprint density at radius 1 is 0.525 bits per heavy atom. The Labute approximate surface area is 374 Å². The quantitative estimate of drug-likeness (QED) is 0.0277. The van der Waals surface area contributed by atoms with Gasteiger partial charge in [-0.3, -0.25) is 18.6 Å². The van der Waals surface area contributed by atoms with Crippen LogP contribution >= 0.6 is 7.82 Å². The van der Waals surface area contributed by atoms with E-state index in [2.05, 4.69) is 86.8 Å². The maximum Gasteiger partial charge on any atom is 0.472 e. The van der Waals surface area contributed by atoms with Crippen LogP contribution in [0.5, 0.6) is 0 Å². The third-order valence-electron chi connectivity index (χ3n) is 10.00. The van der Waals surface area contributed by atoms with Crippen molar-refractivity contribution >= 4 is 19.8 Å². The van der Waals surface area contributed by atoms with Crippen LogP contribution in [0.15, 0.2) is 72.9 Å². The molecule has 2 atom stereocenters. The molecule has 1 N–H and O–H groups in total. The molecule has 0 bridgehead atoms. The van der Waals surface area contributed by atoms with E-state index in [1.807, 2.05) is 19.0 Å². The summed E-state index contributed by atoms with van der Waals surface area (Å²) in [6.07, 6.45) is 55.3. The fourth-order valence-electron chi connectivity index (χ4n) is 6.31. The molecule has 0 aromatic rings. The van der Waals surface area contributed by atoms with Crippen LogP contribution < -0.4 is 0 Å². The zero-order chi connectivity index (χ0) is 44.8. The zero-order valence-electron chi connectivity index (χ0n) is 39.3. The molecular formula is C51H90NO8P. The number of unbranched alkanes of at least 4 members (excludes halogenated alkanes) is 18. The maximum atomic E-state index is 12.7. The molecule has 0 aliphatic heterocycles. The fraction of sp³-hybridized carbons (Fsp3) is 0.725. The molecule has 2 unspecified atom stereocenters. The first kappa shape index (κ1) is 58.5. The molecule has 0 spiro atoms. The Balaban J connectivity index is 4.29. The van der Waals surface area contributed by atoms with Gasteiger partial charge in [-0.25, -0.2) is 4.57 Å². The highest BCUT2D eigenvalue weighted by Gasteiger charge is 2.26. The molecule has 0 saturated carbocycles. The Hall–Kier alpha value is -2.55. The van der Waals surface area contributed by atoms with Gasteiger partial charge in [0.05, 0.1) is 13.2 Å². The molecule has 0 aromatic heterocycles. The standard InChI is InChI=1S/C51H90NO8P/c1-5-7-9-11-13-15-17-19-21-23-24-25-26-28-30-32-34-36-38-40-42-44-51(54)60-49(48-59-61(55,56)58-46-45-52(3)4)47-57-50(53)43-41-39-37-35-33-31-29-27-22-20-18-16-14-12-10-8-6-2/h8,10,14,16,19-22,29,31,35,37,49H,5-7,9,11-13,15,17-18,23-28,30,32-34,36,38-48H2,1-4H3,(H,55,56)/b10-8-,16-14-,21-19-,22-20-,31-29-,37-35-. The molecule has 0 fully saturated rings. The lowest BCUT2D eigenvalue weighted by molar-refractivity contribution is -0.161. The third-order valence-corrected chi connectivity index (χ3v) is 11.0. The number of allylic oxidation sites excluding steroid dienone is 12. The maximum absolute atomic E-state index is 12.7. The van der Waals surface area contributed by atoms with Crippen LogP contribution in [0.4, 0.5) is 0 Å². The zero-order valence-corrected chi connectivity index (χ0v) is 40.2. The number of rotatable bonds is 44. The van der Waals surface area contributed by atoms with Crippen LogP contribution in [0.3, 0.4) is 0 Å². The van der Waals surface area contributed by atoms with Gasteiger partial charge >= 0.3 is 19.8 Å². The lowest BCUT2D eigenvalue weighted by atomic mass is 10.0. The highest BCUT2D eigenvalue weighted by molar-refractivity contribution is 7.47. The SMILES string of the molecule is CC/C=C\C/C=C\C/C=C\C/C=C\C/C=C\CCCC(=O)OCC(COP(=O)(O)OCCN(C)C)OC(=O)CCCCCCCCCCCCC/C=C\CCCCCCCC. The van der Waals surface area contributed by atoms with E-state index < -0.39 is 32.5 Å². The summed E-state index contributed by atoms with van der Waals surface area (Å²) in [5.74, 6) is -0.873. The topological polar surface area (TPSA) is 112 Å². The van der Waals surface area contributed by atoms with E-state index in [0.29, 0.717) is 19.4 Å². The summed E-state index contributed by atoms with van der Waals surface area (Å²) in [5.41, 5.74) is 0. The number of hydrogen-bond donors (Lipinski definition) is 1. The smallest absolute Gasteiger partial charge is 0.462 e. The molecule has 0 rings (SSSR count). The van der Waals surface area contributed by atoms with Crippen molar-refractivity contribution in [3.63, 3.8) is 0 Å². The minimum Gasteiger partial charge on any atom is -0.462 e. The molecule has 0 aliphatic carbocycles. The first-order valence-electron chi connectivity index (χ1n) is 24.2. The first-order chi connectivity index (χ1) is 29.7. The molecular weight excluding hydrogens is 786 g/mol. The van der Waals surface area contributed by atoms with Crippen LogP contribution in [0.25, 0.3) is 0 Å². The summed E-state index contributed by atoms with van der Waals surface area (Å²) in [6.45, 7) is 4.14. The minimum atomic E-state index is -4.38. The lowest BCUT2D eigenvalue weighted by Gasteiger charge is -2.20. The van der Waals surface area contributed by atoms with Crippen molar-refractivity contribution in [1.29, 1.82) is 0 Å². The number of phosphoric ester groups is 1. The Bertz CT molecular complexity index is 1240. The second-order valence-corrected chi connectivity index (χ2v) is 17.7. The van der Waals surface area contributed by atoms with Crippen molar-refractivity contribution in [3.8, 4) is 0 Å². The van der Waals surface area contributed by atoms with Gasteiger partial charge in [-0.05, 0) is 91.1 Å². The highest BCUT2D eigenvalue weighted by atomic mass is 31.2. The van der Waals surface area contributed by atoms with Gasteiger partial charge < -0.3 is 19.3 Å². The second kappa shape index (κ2) is 45.5. The normalized spacial score (nSPS) is 13.9. The van der Waals surface area contributed by atoms with E-state index >= 15 is 0 Å². The molecule has 9 nitrogen and oxygen atoms in total. The Morgan fingerprint density at radius 3 is 1.46 bits per heavy atom. The van der Waals surface area contributed by atoms with Gasteiger partial charge in [0, 0.05) is 19.4 Å². The highest BCUT2D eigenvalue weighted by Crippen LogP contribution is 2.43. The van der Waals surface area contributed by atoms with E-state index in [1.165, 1.54) is 96.3 Å². The van der Waals surface area contributed by atoms with Gasteiger partial charge in [-0.2, -0.15) is 0 Å². The largest absolute Gasteiger partial charge is 0.472 e. The molecule has 0 saturated heterocycles. The number of esters is 2. The predicted molar refractivity (Wildman–Crippen MR) is 257 cm³/mol. The summed E-state index contributed by atoms with van der Waals surface area (Å²) in [7, 11) is -0.743. The summed E-state index contributed by atoms with van der Waals surface area (Å²) < 4.78 is 33.5. The van der Waals surface area contributed by atoms with Gasteiger partial charge in [0.15, 0.2) is 6.10 Å². The van der Waals surface area contributed by atoms with Crippen molar-refractivity contribution in [2.75, 3.05) is 40.5 Å². The molecule has 0 heterocycles. The number of ether oxygens (including phenoxy) is 2. The van der Waals surface area contributed by atoms with E-state index in [4.69, 9.17) is 18.5 Å². The van der Waals surface area contributed by atoms with Crippen LogP contribution in [-0.2, 0) is 32.7 Å². The number of nitrogens with zero attached hydrogens (tertiary/aromatic N) is 1. The van der Waals surface area contributed by atoms with Crippen molar-refractivity contribution in [3.05, 3.63) is 72.9 Å². The van der Waals surface area contributed by atoms with Crippen LogP contribution in [0.2, 0.25) is 0 Å². The van der Waals surface area contributed by atoms with Crippen LogP contribution in [0.1, 0.15) is 194 Å². The molecule has 10 heteroatoms. The van der Waals surface area contributed by atoms with E-state index in [9.17, 15) is 19.0 Å². The molecule has 0 aliphatic rings. The van der Waals surface area contributed by atoms with Crippen molar-refractivity contribution < 1.29 is 37.6 Å². The fourth-order valence-corrected chi connectivity index (χ4v) is 7.05. The summed E-state index contributed by atoms with van der Waals surface area (Å²) in [4.78, 5) is 37.1. The van der Waals surface area contributed by atoms with Crippen molar-refractivity contribution in [2.45, 2.75) is 200 Å².